The van der Waals surface area contributed by atoms with Gasteiger partial charge in [0, 0.05) is 39.8 Å². The number of aliphatic carboxylic acids is 1. The van der Waals surface area contributed by atoms with Gasteiger partial charge in [0.15, 0.2) is 5.13 Å². The van der Waals surface area contributed by atoms with E-state index in [4.69, 9.17) is 33.0 Å². The zero-order chi connectivity index (χ0) is 27.8. The van der Waals surface area contributed by atoms with Gasteiger partial charge in [-0.05, 0) is 44.0 Å². The number of hydrogen-bond acceptors (Lipinski definition) is 5. The van der Waals surface area contributed by atoms with Crippen LogP contribution in [-0.2, 0) is 9.53 Å². The van der Waals surface area contributed by atoms with Crippen LogP contribution in [0.3, 0.4) is 0 Å². The molecule has 0 saturated carbocycles. The average Bonchev–Trinajstić information content (AvgIpc) is 3.33. The monoisotopic (exact) mass is 578 g/mol. The SMILES string of the molecule is CCCCOC(CCC)c1cccc(-c2csc(NC(=O)c3cc(Cl)c(C=C(C)C(=O)O)c(Cl)c3)n2)c1F. The van der Waals surface area contributed by atoms with E-state index in [0.717, 1.165) is 30.6 Å². The lowest BCUT2D eigenvalue weighted by atomic mass is 10.0. The van der Waals surface area contributed by atoms with Crippen LogP contribution in [0.1, 0.15) is 74.0 Å². The second-order valence-corrected chi connectivity index (χ2v) is 10.4. The van der Waals surface area contributed by atoms with Crippen LogP contribution < -0.4 is 5.32 Å². The van der Waals surface area contributed by atoms with Crippen molar-refractivity contribution < 1.29 is 23.8 Å². The maximum Gasteiger partial charge on any atom is 0.331 e. The standard InChI is InChI=1S/C28H29Cl2FN2O4S/c1-4-6-11-37-24(8-5-2)19-10-7-9-18(25(19)31)23-15-38-28(32-23)33-26(34)17-13-21(29)20(22(30)14-17)12-16(3)27(35)36/h7,9-10,12-15,24H,4-6,8,11H2,1-3H3,(H,35,36)(H,32,33,34). The summed E-state index contributed by atoms with van der Waals surface area (Å²) in [5.41, 5.74) is 1.74. The largest absolute Gasteiger partial charge is 0.478 e. The molecule has 0 fully saturated rings. The van der Waals surface area contributed by atoms with Crippen LogP contribution in [0.4, 0.5) is 9.52 Å². The molecular weight excluding hydrogens is 550 g/mol. The normalized spacial score (nSPS) is 12.4. The molecule has 6 nitrogen and oxygen atoms in total. The van der Waals surface area contributed by atoms with Crippen molar-refractivity contribution in [3.8, 4) is 11.3 Å². The fourth-order valence-electron chi connectivity index (χ4n) is 3.71. The maximum atomic E-state index is 15.6. The molecule has 0 spiro atoms. The molecule has 2 aromatic carbocycles. The molecule has 1 aromatic heterocycles. The Balaban J connectivity index is 1.81. The molecule has 38 heavy (non-hydrogen) atoms. The van der Waals surface area contributed by atoms with Crippen molar-refractivity contribution in [2.45, 2.75) is 52.6 Å². The highest BCUT2D eigenvalue weighted by molar-refractivity contribution is 7.14. The van der Waals surface area contributed by atoms with Crippen LogP contribution >= 0.6 is 34.5 Å². The number of carbonyl (C=O) groups is 2. The molecule has 10 heteroatoms. The molecular formula is C28H29Cl2FN2O4S. The van der Waals surface area contributed by atoms with Crippen molar-refractivity contribution in [3.63, 3.8) is 0 Å². The number of nitrogens with one attached hydrogen (secondary N) is 1. The van der Waals surface area contributed by atoms with Gasteiger partial charge in [-0.1, -0.05) is 62.0 Å². The molecule has 1 heterocycles. The molecule has 1 amide bonds. The number of rotatable bonds is 12. The van der Waals surface area contributed by atoms with E-state index in [0.29, 0.717) is 35.4 Å². The van der Waals surface area contributed by atoms with Crippen molar-refractivity contribution in [2.24, 2.45) is 0 Å². The number of carboxylic acids is 1. The van der Waals surface area contributed by atoms with Gasteiger partial charge in [0.1, 0.15) is 5.82 Å². The molecule has 0 saturated heterocycles. The zero-order valence-electron chi connectivity index (χ0n) is 21.3. The molecule has 0 aliphatic heterocycles. The molecule has 3 rings (SSSR count). The van der Waals surface area contributed by atoms with Gasteiger partial charge in [0.05, 0.1) is 21.8 Å². The smallest absolute Gasteiger partial charge is 0.331 e. The first-order chi connectivity index (χ1) is 18.2. The summed E-state index contributed by atoms with van der Waals surface area (Å²) in [7, 11) is 0. The van der Waals surface area contributed by atoms with Crippen LogP contribution in [0.15, 0.2) is 41.3 Å². The quantitative estimate of drug-likeness (QED) is 0.166. The number of hydrogen-bond donors (Lipinski definition) is 2. The zero-order valence-corrected chi connectivity index (χ0v) is 23.6. The summed E-state index contributed by atoms with van der Waals surface area (Å²) in [5.74, 6) is -2.00. The topological polar surface area (TPSA) is 88.5 Å². The van der Waals surface area contributed by atoms with Gasteiger partial charge in [-0.25, -0.2) is 14.2 Å². The Morgan fingerprint density at radius 1 is 1.21 bits per heavy atom. The van der Waals surface area contributed by atoms with E-state index in [-0.39, 0.29) is 38.2 Å². The van der Waals surface area contributed by atoms with Gasteiger partial charge in [0.25, 0.3) is 5.91 Å². The fourth-order valence-corrected chi connectivity index (χ4v) is 5.01. The van der Waals surface area contributed by atoms with Crippen LogP contribution in [0, 0.1) is 5.82 Å². The minimum absolute atomic E-state index is 0.0474. The Morgan fingerprint density at radius 3 is 2.55 bits per heavy atom. The lowest BCUT2D eigenvalue weighted by molar-refractivity contribution is -0.132. The number of nitrogens with zero attached hydrogens (tertiary/aromatic N) is 1. The Labute approximate surface area is 235 Å². The number of amides is 1. The number of ether oxygens (including phenoxy) is 1. The van der Waals surface area contributed by atoms with Crippen molar-refractivity contribution in [2.75, 3.05) is 11.9 Å². The van der Waals surface area contributed by atoms with Crippen molar-refractivity contribution in [1.82, 2.24) is 4.98 Å². The summed E-state index contributed by atoms with van der Waals surface area (Å²) in [4.78, 5) is 28.4. The van der Waals surface area contributed by atoms with Crippen LogP contribution in [0.25, 0.3) is 17.3 Å². The van der Waals surface area contributed by atoms with Crippen LogP contribution in [0.5, 0.6) is 0 Å². The summed E-state index contributed by atoms with van der Waals surface area (Å²) in [5, 5.41) is 14.0. The van der Waals surface area contributed by atoms with Crippen LogP contribution in [0.2, 0.25) is 10.0 Å². The van der Waals surface area contributed by atoms with E-state index in [2.05, 4.69) is 17.2 Å². The van der Waals surface area contributed by atoms with Crippen molar-refractivity contribution in [1.29, 1.82) is 0 Å². The number of thiazole rings is 1. The summed E-state index contributed by atoms with van der Waals surface area (Å²) in [6.45, 7) is 6.10. The summed E-state index contributed by atoms with van der Waals surface area (Å²) in [6.07, 6.45) is 4.48. The van der Waals surface area contributed by atoms with Gasteiger partial charge in [-0.3, -0.25) is 10.1 Å². The number of unbranched alkanes of at least 4 members (excludes halogenated alkanes) is 1. The predicted molar refractivity (Wildman–Crippen MR) is 152 cm³/mol. The highest BCUT2D eigenvalue weighted by Crippen LogP contribution is 2.34. The number of carboxylic acid groups (broad SMARTS) is 1. The second-order valence-electron chi connectivity index (χ2n) is 8.69. The van der Waals surface area contributed by atoms with E-state index in [1.54, 1.807) is 23.6 Å². The summed E-state index contributed by atoms with van der Waals surface area (Å²) >= 11 is 13.7. The Kier molecular flexibility index (Phi) is 10.8. The van der Waals surface area contributed by atoms with Gasteiger partial charge >= 0.3 is 5.97 Å². The molecule has 0 bridgehead atoms. The van der Waals surface area contributed by atoms with Gasteiger partial charge in [-0.15, -0.1) is 11.3 Å². The second kappa shape index (κ2) is 13.8. The van der Waals surface area contributed by atoms with Gasteiger partial charge < -0.3 is 9.84 Å². The average molecular weight is 580 g/mol. The minimum atomic E-state index is -1.11. The first-order valence-corrected chi connectivity index (χ1v) is 13.9. The number of aromatic nitrogens is 1. The Bertz CT molecular complexity index is 1320. The molecule has 0 aliphatic rings. The lowest BCUT2D eigenvalue weighted by Gasteiger charge is -2.19. The number of halogens is 3. The molecule has 0 aliphatic carbocycles. The minimum Gasteiger partial charge on any atom is -0.478 e. The van der Waals surface area contributed by atoms with E-state index in [1.807, 2.05) is 6.92 Å². The maximum absolute atomic E-state index is 15.6. The number of anilines is 1. The van der Waals surface area contributed by atoms with E-state index >= 15 is 4.39 Å². The third-order valence-corrected chi connectivity index (χ3v) is 7.17. The predicted octanol–water partition coefficient (Wildman–Crippen LogP) is 8.65. The van der Waals surface area contributed by atoms with Crippen molar-refractivity contribution in [3.05, 3.63) is 73.8 Å². The highest BCUT2D eigenvalue weighted by Gasteiger charge is 2.21. The number of benzene rings is 2. The van der Waals surface area contributed by atoms with Gasteiger partial charge in [-0.2, -0.15) is 0 Å². The van der Waals surface area contributed by atoms with Crippen molar-refractivity contribution >= 4 is 57.6 Å². The first-order valence-electron chi connectivity index (χ1n) is 12.2. The Hall–Kier alpha value is -2.78. The number of carbonyl (C=O) groups excluding carboxylic acids is 1. The lowest BCUT2D eigenvalue weighted by Crippen LogP contribution is -2.12. The third kappa shape index (κ3) is 7.41. The molecule has 3 aromatic rings. The molecule has 2 N–H and O–H groups in total. The molecule has 202 valence electrons. The highest BCUT2D eigenvalue weighted by atomic mass is 35.5. The molecule has 1 atom stereocenters. The van der Waals surface area contributed by atoms with E-state index in [1.165, 1.54) is 25.1 Å². The summed E-state index contributed by atoms with van der Waals surface area (Å²) < 4.78 is 21.6. The molecule has 0 radical (unpaired) electrons. The molecule has 1 unspecified atom stereocenters. The summed E-state index contributed by atoms with van der Waals surface area (Å²) in [6, 6.07) is 7.97. The van der Waals surface area contributed by atoms with Crippen LogP contribution in [-0.4, -0.2) is 28.6 Å². The Morgan fingerprint density at radius 2 is 1.92 bits per heavy atom. The third-order valence-electron chi connectivity index (χ3n) is 5.78. The fraction of sp³-hybridized carbons (Fsp3) is 0.321. The van der Waals surface area contributed by atoms with Gasteiger partial charge in [0.2, 0.25) is 0 Å². The van der Waals surface area contributed by atoms with E-state index in [9.17, 15) is 9.59 Å². The van der Waals surface area contributed by atoms with E-state index < -0.39 is 11.9 Å². The first kappa shape index (κ1) is 29.8.